The van der Waals surface area contributed by atoms with Crippen LogP contribution in [0.5, 0.6) is 0 Å². The maximum Gasteiger partial charge on any atom is 0.241 e. The zero-order chi connectivity index (χ0) is 9.02. The summed E-state index contributed by atoms with van der Waals surface area (Å²) < 4.78 is 0. The van der Waals surface area contributed by atoms with Gasteiger partial charge in [-0.25, -0.2) is 0 Å². The van der Waals surface area contributed by atoms with E-state index in [4.69, 9.17) is 5.73 Å². The molecule has 0 bridgehead atoms. The minimum atomic E-state index is -0.725. The summed E-state index contributed by atoms with van der Waals surface area (Å²) in [5, 5.41) is 0. The molecular formula is C7H9NO3. The first-order chi connectivity index (χ1) is 4.95. The number of hydrogen-bond acceptors (Lipinski definition) is 3. The molecule has 0 radical (unpaired) electrons. The second-order valence-electron chi connectivity index (χ2n) is 2.12. The van der Waals surface area contributed by atoms with Crippen LogP contribution in [0.1, 0.15) is 13.8 Å². The lowest BCUT2D eigenvalue weighted by atomic mass is 10.1. The highest BCUT2D eigenvalue weighted by Gasteiger charge is 2.09. The fourth-order valence-corrected chi connectivity index (χ4v) is 0.557. The predicted molar refractivity (Wildman–Crippen MR) is 38.6 cm³/mol. The predicted octanol–water partition coefficient (Wildman–Crippen LogP) is -0.424. The van der Waals surface area contributed by atoms with Crippen LogP contribution in [0.25, 0.3) is 0 Å². The number of nitrogens with two attached hydrogens (primary N) is 1. The van der Waals surface area contributed by atoms with Gasteiger partial charge in [0.05, 0.1) is 0 Å². The molecule has 4 nitrogen and oxygen atoms in total. The van der Waals surface area contributed by atoms with Crippen LogP contribution in [0.3, 0.4) is 0 Å². The van der Waals surface area contributed by atoms with Crippen LogP contribution < -0.4 is 5.73 Å². The van der Waals surface area contributed by atoms with E-state index in [0.717, 1.165) is 13.0 Å². The fraction of sp³-hybridized carbons (Fsp3) is 0.286. The van der Waals surface area contributed by atoms with Crippen LogP contribution in [0.4, 0.5) is 0 Å². The van der Waals surface area contributed by atoms with Crippen molar-refractivity contribution in [3.8, 4) is 0 Å². The highest BCUT2D eigenvalue weighted by molar-refractivity contribution is 6.43. The molecule has 0 spiro atoms. The SMILES string of the molecule is CC(=O)C(=O)/C(C)=C/C(N)=O. The Morgan fingerprint density at radius 3 is 1.91 bits per heavy atom. The van der Waals surface area contributed by atoms with Crippen molar-refractivity contribution < 1.29 is 14.4 Å². The van der Waals surface area contributed by atoms with E-state index in [0.29, 0.717) is 0 Å². The lowest BCUT2D eigenvalue weighted by molar-refractivity contribution is -0.133. The Hall–Kier alpha value is -1.45. The smallest absolute Gasteiger partial charge is 0.241 e. The summed E-state index contributed by atoms with van der Waals surface area (Å²) in [5.74, 6) is -2.00. The van der Waals surface area contributed by atoms with Crippen molar-refractivity contribution in [2.45, 2.75) is 13.8 Å². The average Bonchev–Trinajstić information content (AvgIpc) is 1.84. The highest BCUT2D eigenvalue weighted by Crippen LogP contribution is 1.94. The van der Waals surface area contributed by atoms with Crippen molar-refractivity contribution >= 4 is 17.5 Å². The molecule has 0 aromatic rings. The third kappa shape index (κ3) is 3.30. The van der Waals surface area contributed by atoms with Gasteiger partial charge in [-0.05, 0) is 6.92 Å². The average molecular weight is 155 g/mol. The van der Waals surface area contributed by atoms with E-state index in [1.807, 2.05) is 0 Å². The molecule has 1 amide bonds. The minimum Gasteiger partial charge on any atom is -0.366 e. The Morgan fingerprint density at radius 1 is 1.18 bits per heavy atom. The number of primary amides is 1. The lowest BCUT2D eigenvalue weighted by Gasteiger charge is -1.92. The van der Waals surface area contributed by atoms with Gasteiger partial charge in [0, 0.05) is 18.6 Å². The van der Waals surface area contributed by atoms with E-state index < -0.39 is 17.5 Å². The van der Waals surface area contributed by atoms with E-state index in [9.17, 15) is 14.4 Å². The molecule has 0 aromatic carbocycles. The van der Waals surface area contributed by atoms with Crippen molar-refractivity contribution in [2.24, 2.45) is 5.73 Å². The molecule has 0 aliphatic heterocycles. The third-order valence-electron chi connectivity index (χ3n) is 1.04. The minimum absolute atomic E-state index is 0.0741. The summed E-state index contributed by atoms with van der Waals surface area (Å²) in [5.41, 5.74) is 4.83. The number of rotatable bonds is 3. The first-order valence-electron chi connectivity index (χ1n) is 2.98. The van der Waals surface area contributed by atoms with Gasteiger partial charge in [-0.3, -0.25) is 14.4 Å². The lowest BCUT2D eigenvalue weighted by Crippen LogP contribution is -2.14. The first-order valence-corrected chi connectivity index (χ1v) is 2.98. The number of hydrogen-bond donors (Lipinski definition) is 1. The van der Waals surface area contributed by atoms with Gasteiger partial charge in [0.2, 0.25) is 11.7 Å². The van der Waals surface area contributed by atoms with Crippen LogP contribution >= 0.6 is 0 Å². The van der Waals surface area contributed by atoms with Gasteiger partial charge >= 0.3 is 0 Å². The monoisotopic (exact) mass is 155 g/mol. The van der Waals surface area contributed by atoms with Crippen LogP contribution in [-0.4, -0.2) is 17.5 Å². The molecule has 4 heteroatoms. The van der Waals surface area contributed by atoms with Gasteiger partial charge in [-0.2, -0.15) is 0 Å². The number of ketones is 2. The molecule has 0 aliphatic carbocycles. The number of carbonyl (C=O) groups excluding carboxylic acids is 3. The molecule has 0 aliphatic rings. The van der Waals surface area contributed by atoms with Crippen LogP contribution in [0.15, 0.2) is 11.6 Å². The molecule has 0 saturated carbocycles. The summed E-state index contributed by atoms with van der Waals surface area (Å²) in [6, 6.07) is 0. The molecule has 60 valence electrons. The van der Waals surface area contributed by atoms with Gasteiger partial charge in [0.15, 0.2) is 5.78 Å². The number of carbonyl (C=O) groups is 3. The van der Waals surface area contributed by atoms with E-state index in [-0.39, 0.29) is 5.57 Å². The molecule has 0 heterocycles. The van der Waals surface area contributed by atoms with Gasteiger partial charge in [-0.15, -0.1) is 0 Å². The molecule has 11 heavy (non-hydrogen) atoms. The highest BCUT2D eigenvalue weighted by atomic mass is 16.2. The second-order valence-corrected chi connectivity index (χ2v) is 2.12. The number of allylic oxidation sites excluding steroid dienone is 1. The van der Waals surface area contributed by atoms with Crippen molar-refractivity contribution in [1.29, 1.82) is 0 Å². The van der Waals surface area contributed by atoms with Gasteiger partial charge in [0.1, 0.15) is 0 Å². The van der Waals surface area contributed by atoms with Crippen molar-refractivity contribution in [1.82, 2.24) is 0 Å². The Kier molecular flexibility index (Phi) is 3.17. The van der Waals surface area contributed by atoms with Crippen LogP contribution in [0, 0.1) is 0 Å². The second kappa shape index (κ2) is 3.65. The zero-order valence-electron chi connectivity index (χ0n) is 6.38. The van der Waals surface area contributed by atoms with E-state index in [2.05, 4.69) is 0 Å². The Morgan fingerprint density at radius 2 is 1.64 bits per heavy atom. The van der Waals surface area contributed by atoms with Gasteiger partial charge in [-0.1, -0.05) is 0 Å². The molecule has 0 rings (SSSR count). The topological polar surface area (TPSA) is 77.2 Å². The summed E-state index contributed by atoms with van der Waals surface area (Å²) in [4.78, 5) is 31.4. The Balaban J connectivity index is 4.49. The van der Waals surface area contributed by atoms with Crippen molar-refractivity contribution in [3.05, 3.63) is 11.6 Å². The zero-order valence-corrected chi connectivity index (χ0v) is 6.38. The first kappa shape index (κ1) is 9.55. The number of Topliss-reactive ketones (excluding diaryl/α,β-unsaturated/α-hetero) is 2. The van der Waals surface area contributed by atoms with E-state index in [1.165, 1.54) is 6.92 Å². The molecule has 0 saturated heterocycles. The molecule has 0 aromatic heterocycles. The van der Waals surface area contributed by atoms with Crippen LogP contribution in [0.2, 0.25) is 0 Å². The summed E-state index contributed by atoms with van der Waals surface area (Å²) >= 11 is 0. The largest absolute Gasteiger partial charge is 0.366 e. The van der Waals surface area contributed by atoms with Gasteiger partial charge < -0.3 is 5.73 Å². The fourth-order valence-electron chi connectivity index (χ4n) is 0.557. The molecule has 0 atom stereocenters. The van der Waals surface area contributed by atoms with Crippen molar-refractivity contribution in [2.75, 3.05) is 0 Å². The summed E-state index contributed by atoms with van der Waals surface area (Å²) in [6.07, 6.45) is 0.934. The third-order valence-corrected chi connectivity index (χ3v) is 1.04. The van der Waals surface area contributed by atoms with E-state index >= 15 is 0 Å². The van der Waals surface area contributed by atoms with Crippen molar-refractivity contribution in [3.63, 3.8) is 0 Å². The molecule has 2 N–H and O–H groups in total. The number of amides is 1. The maximum atomic E-state index is 10.8. The quantitative estimate of drug-likeness (QED) is 0.444. The Bertz CT molecular complexity index is 240. The van der Waals surface area contributed by atoms with E-state index in [1.54, 1.807) is 0 Å². The molecular weight excluding hydrogens is 146 g/mol. The normalized spacial score (nSPS) is 10.9. The molecule has 0 fully saturated rings. The van der Waals surface area contributed by atoms with Crippen LogP contribution in [-0.2, 0) is 14.4 Å². The summed E-state index contributed by atoms with van der Waals surface area (Å²) in [7, 11) is 0. The Labute approximate surface area is 64.1 Å². The standard InChI is InChI=1S/C7H9NO3/c1-4(3-6(8)10)7(11)5(2)9/h3H,1-2H3,(H2,8,10)/b4-3+. The molecule has 0 unspecified atom stereocenters. The maximum absolute atomic E-state index is 10.8. The van der Waals surface area contributed by atoms with Gasteiger partial charge in [0.25, 0.3) is 0 Å². The summed E-state index contributed by atoms with van der Waals surface area (Å²) in [6.45, 7) is 2.51.